The Kier molecular flexibility index (Phi) is 11.4. The van der Waals surface area contributed by atoms with Gasteiger partial charge in [-0.3, -0.25) is 9.59 Å². The van der Waals surface area contributed by atoms with Crippen LogP contribution in [-0.4, -0.2) is 52.4 Å². The van der Waals surface area contributed by atoms with Crippen molar-refractivity contribution in [2.75, 3.05) is 20.2 Å². The van der Waals surface area contributed by atoms with Crippen molar-refractivity contribution >= 4 is 17.9 Å². The van der Waals surface area contributed by atoms with E-state index in [1.54, 1.807) is 18.1 Å². The van der Waals surface area contributed by atoms with Crippen molar-refractivity contribution < 1.29 is 14.3 Å². The zero-order valence-electron chi connectivity index (χ0n) is 24.0. The van der Waals surface area contributed by atoms with Gasteiger partial charge in [-0.05, 0) is 67.2 Å². The number of hydrogen-bond acceptors (Lipinski definition) is 3. The molecule has 0 bridgehead atoms. The molecule has 0 aliphatic rings. The molecule has 6 nitrogen and oxygen atoms in total. The van der Waals surface area contributed by atoms with Gasteiger partial charge in [0.25, 0.3) is 0 Å². The lowest BCUT2D eigenvalue weighted by atomic mass is 10.1. The van der Waals surface area contributed by atoms with Gasteiger partial charge >= 0.3 is 0 Å². The van der Waals surface area contributed by atoms with Crippen LogP contribution in [0.3, 0.4) is 0 Å². The highest BCUT2D eigenvalue weighted by Gasteiger charge is 2.24. The van der Waals surface area contributed by atoms with Gasteiger partial charge in [0.15, 0.2) is 0 Å². The Morgan fingerprint density at radius 2 is 1.77 bits per heavy atom. The van der Waals surface area contributed by atoms with Crippen molar-refractivity contribution in [2.24, 2.45) is 5.92 Å². The summed E-state index contributed by atoms with van der Waals surface area (Å²) in [6, 6.07) is 21.9. The zero-order chi connectivity index (χ0) is 28.2. The minimum absolute atomic E-state index is 0.0382. The van der Waals surface area contributed by atoms with Crippen LogP contribution in [0.2, 0.25) is 0 Å². The topological polar surface area (TPSA) is 54.8 Å². The first kappa shape index (κ1) is 29.8. The molecule has 6 heteroatoms. The fourth-order valence-corrected chi connectivity index (χ4v) is 4.37. The molecular weight excluding hydrogens is 486 g/mol. The Balaban J connectivity index is 1.76. The number of ether oxygens (including phenoxy) is 1. The minimum Gasteiger partial charge on any atom is -0.497 e. The third-order valence-corrected chi connectivity index (χ3v) is 7.02. The summed E-state index contributed by atoms with van der Waals surface area (Å²) in [4.78, 5) is 30.5. The Labute approximate surface area is 233 Å². The summed E-state index contributed by atoms with van der Waals surface area (Å²) in [5, 5.41) is 0. The first-order chi connectivity index (χ1) is 18.8. The summed E-state index contributed by atoms with van der Waals surface area (Å²) < 4.78 is 7.55. The van der Waals surface area contributed by atoms with Crippen molar-refractivity contribution in [1.29, 1.82) is 0 Å². The largest absolute Gasteiger partial charge is 0.497 e. The van der Waals surface area contributed by atoms with E-state index in [1.807, 2.05) is 71.8 Å². The maximum absolute atomic E-state index is 13.7. The number of methoxy groups -OCH3 is 1. The van der Waals surface area contributed by atoms with Crippen LogP contribution in [0.15, 0.2) is 79.0 Å². The van der Waals surface area contributed by atoms with E-state index >= 15 is 0 Å². The summed E-state index contributed by atoms with van der Waals surface area (Å²) in [5.41, 5.74) is 3.14. The Hall–Kier alpha value is -3.80. The molecular formula is C33H43N3O3. The molecule has 1 heterocycles. The molecule has 208 valence electrons. The van der Waals surface area contributed by atoms with Crippen LogP contribution in [0.5, 0.6) is 5.75 Å². The molecule has 1 atom stereocenters. The molecule has 0 aliphatic carbocycles. The highest BCUT2D eigenvalue weighted by molar-refractivity contribution is 5.94. The van der Waals surface area contributed by atoms with Gasteiger partial charge in [-0.25, -0.2) is 0 Å². The number of rotatable bonds is 14. The predicted octanol–water partition coefficient (Wildman–Crippen LogP) is 6.26. The molecule has 0 aliphatic heterocycles. The van der Waals surface area contributed by atoms with Crippen molar-refractivity contribution in [1.82, 2.24) is 14.4 Å². The highest BCUT2D eigenvalue weighted by Crippen LogP contribution is 2.18. The summed E-state index contributed by atoms with van der Waals surface area (Å²) >= 11 is 0. The predicted molar refractivity (Wildman–Crippen MR) is 158 cm³/mol. The Morgan fingerprint density at radius 1 is 1.00 bits per heavy atom. The second kappa shape index (κ2) is 15.0. The number of hydrogen-bond donors (Lipinski definition) is 0. The van der Waals surface area contributed by atoms with Gasteiger partial charge in [-0.2, -0.15) is 0 Å². The SMILES string of the molecule is CCC(C)N(Cc1cccn1Cc1cccc(OC)c1)C(=O)CN(CCC(C)C)C(=O)C=Cc1ccccc1. The molecule has 3 aromatic rings. The normalized spacial score (nSPS) is 12.1. The van der Waals surface area contributed by atoms with Gasteiger partial charge in [-0.1, -0.05) is 63.2 Å². The van der Waals surface area contributed by atoms with Crippen molar-refractivity contribution in [3.8, 4) is 5.75 Å². The molecule has 2 amide bonds. The fourth-order valence-electron chi connectivity index (χ4n) is 4.37. The number of carbonyl (C=O) groups excluding carboxylic acids is 2. The van der Waals surface area contributed by atoms with Crippen LogP contribution in [0.25, 0.3) is 6.08 Å². The van der Waals surface area contributed by atoms with E-state index in [0.29, 0.717) is 25.6 Å². The third kappa shape index (κ3) is 9.17. The van der Waals surface area contributed by atoms with E-state index < -0.39 is 0 Å². The van der Waals surface area contributed by atoms with Crippen LogP contribution in [-0.2, 0) is 22.7 Å². The quantitative estimate of drug-likeness (QED) is 0.232. The van der Waals surface area contributed by atoms with Crippen molar-refractivity contribution in [2.45, 2.75) is 59.7 Å². The van der Waals surface area contributed by atoms with Gasteiger partial charge in [-0.15, -0.1) is 0 Å². The molecule has 0 saturated carbocycles. The number of nitrogens with zero attached hydrogens (tertiary/aromatic N) is 3. The number of amides is 2. The van der Waals surface area contributed by atoms with Crippen molar-refractivity contribution in [3.63, 3.8) is 0 Å². The molecule has 2 aromatic carbocycles. The first-order valence-corrected chi connectivity index (χ1v) is 13.9. The van der Waals surface area contributed by atoms with Gasteiger partial charge in [0, 0.05) is 37.1 Å². The van der Waals surface area contributed by atoms with Gasteiger partial charge < -0.3 is 19.1 Å². The standard InChI is InChI=1S/C33H43N3O3/c1-6-27(4)36(24-30-15-11-20-34(30)23-29-14-10-16-31(22-29)39-5)33(38)25-35(21-19-26(2)3)32(37)18-17-28-12-8-7-9-13-28/h7-18,20,22,26-27H,6,19,21,23-25H2,1-5H3. The fraction of sp³-hybridized carbons (Fsp3) is 0.394. The second-order valence-electron chi connectivity index (χ2n) is 10.4. The van der Waals surface area contributed by atoms with E-state index in [2.05, 4.69) is 44.4 Å². The van der Waals surface area contributed by atoms with E-state index in [1.165, 1.54) is 0 Å². The number of benzene rings is 2. The lowest BCUT2D eigenvalue weighted by Gasteiger charge is -2.32. The zero-order valence-corrected chi connectivity index (χ0v) is 24.0. The van der Waals surface area contributed by atoms with Crippen LogP contribution >= 0.6 is 0 Å². The second-order valence-corrected chi connectivity index (χ2v) is 10.4. The molecule has 0 spiro atoms. The highest BCUT2D eigenvalue weighted by atomic mass is 16.5. The van der Waals surface area contributed by atoms with Crippen LogP contribution in [0.1, 0.15) is 57.4 Å². The van der Waals surface area contributed by atoms with Gasteiger partial charge in [0.1, 0.15) is 12.3 Å². The van der Waals surface area contributed by atoms with E-state index in [0.717, 1.165) is 35.4 Å². The lowest BCUT2D eigenvalue weighted by Crippen LogP contribution is -2.46. The summed E-state index contributed by atoms with van der Waals surface area (Å²) in [5.74, 6) is 1.08. The van der Waals surface area contributed by atoms with Crippen LogP contribution in [0.4, 0.5) is 0 Å². The number of aromatic nitrogens is 1. The Morgan fingerprint density at radius 3 is 2.46 bits per heavy atom. The summed E-state index contributed by atoms with van der Waals surface area (Å²) in [7, 11) is 1.67. The minimum atomic E-state index is -0.140. The third-order valence-electron chi connectivity index (χ3n) is 7.02. The summed E-state index contributed by atoms with van der Waals surface area (Å²) in [6.07, 6.45) is 7.10. The van der Waals surface area contributed by atoms with E-state index in [4.69, 9.17) is 4.74 Å². The van der Waals surface area contributed by atoms with Crippen LogP contribution in [0, 0.1) is 5.92 Å². The Bertz CT molecular complexity index is 1220. The average Bonchev–Trinajstić information content (AvgIpc) is 3.38. The van der Waals surface area contributed by atoms with Gasteiger partial charge in [0.05, 0.1) is 13.7 Å². The molecule has 1 unspecified atom stereocenters. The van der Waals surface area contributed by atoms with Gasteiger partial charge in [0.2, 0.25) is 11.8 Å². The maximum atomic E-state index is 13.7. The molecule has 0 N–H and O–H groups in total. The number of carbonyl (C=O) groups is 2. The monoisotopic (exact) mass is 529 g/mol. The molecule has 0 radical (unpaired) electrons. The first-order valence-electron chi connectivity index (χ1n) is 13.9. The lowest BCUT2D eigenvalue weighted by molar-refractivity contribution is -0.140. The van der Waals surface area contributed by atoms with Crippen LogP contribution < -0.4 is 4.74 Å². The van der Waals surface area contributed by atoms with E-state index in [-0.39, 0.29) is 24.4 Å². The molecule has 0 fully saturated rings. The molecule has 3 rings (SSSR count). The van der Waals surface area contributed by atoms with Crippen molar-refractivity contribution in [3.05, 3.63) is 95.8 Å². The molecule has 1 aromatic heterocycles. The maximum Gasteiger partial charge on any atom is 0.247 e. The summed E-state index contributed by atoms with van der Waals surface area (Å²) in [6.45, 7) is 10.2. The smallest absolute Gasteiger partial charge is 0.247 e. The average molecular weight is 530 g/mol. The van der Waals surface area contributed by atoms with E-state index in [9.17, 15) is 9.59 Å². The molecule has 39 heavy (non-hydrogen) atoms. The molecule has 0 saturated heterocycles.